The monoisotopic (exact) mass is 474 g/mol. The highest BCUT2D eigenvalue weighted by molar-refractivity contribution is 7.99. The first-order valence-corrected chi connectivity index (χ1v) is 12.0. The van der Waals surface area contributed by atoms with Crippen molar-refractivity contribution in [2.45, 2.75) is 12.4 Å². The van der Waals surface area contributed by atoms with Crippen LogP contribution in [-0.2, 0) is 17.2 Å². The lowest BCUT2D eigenvalue weighted by Crippen LogP contribution is -2.19. The molecule has 0 saturated carbocycles. The molecule has 0 spiro atoms. The zero-order chi connectivity index (χ0) is 22.9. The number of nitrogens with one attached hydrogen (secondary N) is 1. The van der Waals surface area contributed by atoms with Crippen LogP contribution >= 0.6 is 23.4 Å². The fourth-order valence-corrected chi connectivity index (χ4v) is 4.33. The number of benzene rings is 4. The van der Waals surface area contributed by atoms with E-state index in [-0.39, 0.29) is 5.91 Å². The Bertz CT molecular complexity index is 1260. The van der Waals surface area contributed by atoms with Crippen molar-refractivity contribution < 1.29 is 9.53 Å². The van der Waals surface area contributed by atoms with Gasteiger partial charge in [0.15, 0.2) is 0 Å². The lowest BCUT2D eigenvalue weighted by Gasteiger charge is -2.07. The van der Waals surface area contributed by atoms with Gasteiger partial charge in [-0.3, -0.25) is 4.79 Å². The van der Waals surface area contributed by atoms with Gasteiger partial charge in [0.2, 0.25) is 5.91 Å². The predicted octanol–water partition coefficient (Wildman–Crippen LogP) is 6.46. The number of hydrogen-bond acceptors (Lipinski definition) is 4. The van der Waals surface area contributed by atoms with Gasteiger partial charge in [0, 0.05) is 10.8 Å². The predicted molar refractivity (Wildman–Crippen MR) is 138 cm³/mol. The number of hydrazone groups is 1. The summed E-state index contributed by atoms with van der Waals surface area (Å²) in [6.07, 6.45) is 1.61. The van der Waals surface area contributed by atoms with Crippen molar-refractivity contribution in [3.05, 3.63) is 113 Å². The molecule has 0 atom stereocenters. The third kappa shape index (κ3) is 6.85. The molecular weight excluding hydrogens is 452 g/mol. The minimum absolute atomic E-state index is 0.154. The molecule has 4 aromatic rings. The highest BCUT2D eigenvalue weighted by Gasteiger charge is 2.03. The number of nitrogens with zero attached hydrogens (tertiary/aromatic N) is 1. The Balaban J connectivity index is 1.20. The summed E-state index contributed by atoms with van der Waals surface area (Å²) in [5.41, 5.74) is 5.56. The van der Waals surface area contributed by atoms with E-state index in [2.05, 4.69) is 40.9 Å². The van der Waals surface area contributed by atoms with Crippen LogP contribution in [0.15, 0.2) is 96.1 Å². The van der Waals surface area contributed by atoms with Gasteiger partial charge in [0.05, 0.1) is 12.0 Å². The molecule has 0 fully saturated rings. The number of thioether (sulfide) groups is 1. The molecule has 166 valence electrons. The topological polar surface area (TPSA) is 50.7 Å². The van der Waals surface area contributed by atoms with E-state index < -0.39 is 0 Å². The summed E-state index contributed by atoms with van der Waals surface area (Å²) >= 11 is 7.62. The Hall–Kier alpha value is -3.28. The van der Waals surface area contributed by atoms with Crippen LogP contribution in [0.3, 0.4) is 0 Å². The van der Waals surface area contributed by atoms with Gasteiger partial charge in [0.1, 0.15) is 12.4 Å². The lowest BCUT2D eigenvalue weighted by molar-refractivity contribution is -0.118. The number of carbonyl (C=O) groups is 1. The second-order valence-corrected chi connectivity index (χ2v) is 8.81. The molecule has 0 bridgehead atoms. The second-order valence-electron chi connectivity index (χ2n) is 7.42. The molecule has 1 amide bonds. The molecular formula is C27H23ClN2O2S. The summed E-state index contributed by atoms with van der Waals surface area (Å²) in [7, 11) is 0. The van der Waals surface area contributed by atoms with Gasteiger partial charge >= 0.3 is 0 Å². The van der Waals surface area contributed by atoms with Gasteiger partial charge < -0.3 is 4.74 Å². The highest BCUT2D eigenvalue weighted by Crippen LogP contribution is 2.21. The summed E-state index contributed by atoms with van der Waals surface area (Å²) in [5, 5.41) is 7.17. The molecule has 6 heteroatoms. The smallest absolute Gasteiger partial charge is 0.250 e. The maximum Gasteiger partial charge on any atom is 0.250 e. The van der Waals surface area contributed by atoms with Crippen molar-refractivity contribution in [2.24, 2.45) is 5.10 Å². The van der Waals surface area contributed by atoms with E-state index in [1.807, 2.05) is 60.7 Å². The largest absolute Gasteiger partial charge is 0.489 e. The Morgan fingerprint density at radius 1 is 0.939 bits per heavy atom. The fraction of sp³-hybridized carbons (Fsp3) is 0.111. The molecule has 0 aromatic heterocycles. The van der Waals surface area contributed by atoms with E-state index in [0.29, 0.717) is 23.1 Å². The van der Waals surface area contributed by atoms with Crippen molar-refractivity contribution in [1.29, 1.82) is 0 Å². The maximum absolute atomic E-state index is 12.0. The number of fused-ring (bicyclic) bond motifs is 1. The molecule has 4 aromatic carbocycles. The van der Waals surface area contributed by atoms with E-state index in [4.69, 9.17) is 16.3 Å². The molecule has 0 aliphatic carbocycles. The van der Waals surface area contributed by atoms with Crippen molar-refractivity contribution in [2.75, 3.05) is 5.75 Å². The molecule has 4 nitrogen and oxygen atoms in total. The zero-order valence-corrected chi connectivity index (χ0v) is 19.5. The molecule has 4 rings (SSSR count). The quantitative estimate of drug-likeness (QED) is 0.224. The fourth-order valence-electron chi connectivity index (χ4n) is 3.23. The van der Waals surface area contributed by atoms with Crippen LogP contribution in [0.2, 0.25) is 5.02 Å². The molecule has 0 radical (unpaired) electrons. The van der Waals surface area contributed by atoms with Crippen molar-refractivity contribution in [3.63, 3.8) is 0 Å². The Morgan fingerprint density at radius 3 is 2.52 bits per heavy atom. The number of halogens is 1. The number of amides is 1. The Labute approximate surface area is 202 Å². The van der Waals surface area contributed by atoms with Gasteiger partial charge in [0.25, 0.3) is 0 Å². The van der Waals surface area contributed by atoms with Crippen LogP contribution in [0.4, 0.5) is 0 Å². The highest BCUT2D eigenvalue weighted by atomic mass is 35.5. The minimum atomic E-state index is -0.154. The van der Waals surface area contributed by atoms with E-state index >= 15 is 0 Å². The van der Waals surface area contributed by atoms with E-state index in [1.165, 1.54) is 22.5 Å². The standard InChI is InChI=1S/C27H23ClN2O2S/c28-26-8-4-3-7-24(26)18-33-19-27(31)30-29-16-20-10-13-25(14-11-20)32-17-21-9-12-22-5-1-2-6-23(22)15-21/h1-16H,17-19H2,(H,30,31)/b29-16+. The summed E-state index contributed by atoms with van der Waals surface area (Å²) in [6.45, 7) is 0.500. The number of rotatable bonds is 9. The van der Waals surface area contributed by atoms with E-state index in [9.17, 15) is 4.79 Å². The van der Waals surface area contributed by atoms with Gasteiger partial charge in [-0.2, -0.15) is 5.10 Å². The first-order chi connectivity index (χ1) is 16.2. The van der Waals surface area contributed by atoms with Crippen LogP contribution in [0.5, 0.6) is 5.75 Å². The average molecular weight is 475 g/mol. The average Bonchev–Trinajstić information content (AvgIpc) is 2.84. The number of carbonyl (C=O) groups excluding carboxylic acids is 1. The van der Waals surface area contributed by atoms with Gasteiger partial charge in [-0.15, -0.1) is 11.8 Å². The molecule has 0 unspecified atom stereocenters. The third-order valence-corrected chi connectivity index (χ3v) is 6.30. The second kappa shape index (κ2) is 11.5. The van der Waals surface area contributed by atoms with Crippen LogP contribution in [0.25, 0.3) is 10.8 Å². The first kappa shape index (κ1) is 22.9. The zero-order valence-electron chi connectivity index (χ0n) is 17.9. The maximum atomic E-state index is 12.0. The summed E-state index contributed by atoms with van der Waals surface area (Å²) in [4.78, 5) is 12.0. The summed E-state index contributed by atoms with van der Waals surface area (Å²) in [6, 6.07) is 29.8. The molecule has 33 heavy (non-hydrogen) atoms. The Morgan fingerprint density at radius 2 is 1.70 bits per heavy atom. The van der Waals surface area contributed by atoms with Gasteiger partial charge in [-0.1, -0.05) is 66.2 Å². The van der Waals surface area contributed by atoms with Crippen molar-refractivity contribution in [1.82, 2.24) is 5.43 Å². The van der Waals surface area contributed by atoms with Crippen LogP contribution in [0, 0.1) is 0 Å². The normalized spacial score (nSPS) is 11.1. The van der Waals surface area contributed by atoms with Crippen LogP contribution in [0.1, 0.15) is 16.7 Å². The molecule has 1 N–H and O–H groups in total. The third-order valence-electron chi connectivity index (χ3n) is 4.95. The molecule has 0 aliphatic rings. The lowest BCUT2D eigenvalue weighted by atomic mass is 10.1. The molecule has 0 aliphatic heterocycles. The molecule has 0 heterocycles. The van der Waals surface area contributed by atoms with Crippen LogP contribution < -0.4 is 10.2 Å². The molecule has 0 saturated heterocycles. The van der Waals surface area contributed by atoms with Crippen molar-refractivity contribution >= 4 is 46.3 Å². The van der Waals surface area contributed by atoms with Crippen LogP contribution in [-0.4, -0.2) is 17.9 Å². The minimum Gasteiger partial charge on any atom is -0.489 e. The first-order valence-electron chi connectivity index (χ1n) is 10.5. The summed E-state index contributed by atoms with van der Waals surface area (Å²) in [5.74, 6) is 1.61. The SMILES string of the molecule is O=C(CSCc1ccccc1Cl)N/N=C/c1ccc(OCc2ccc3ccccc3c2)cc1. The Kier molecular flexibility index (Phi) is 8.01. The van der Waals surface area contributed by atoms with E-state index in [0.717, 1.165) is 22.4 Å². The summed E-state index contributed by atoms with van der Waals surface area (Å²) < 4.78 is 5.90. The van der Waals surface area contributed by atoms with Gasteiger partial charge in [-0.05, 0) is 63.9 Å². The van der Waals surface area contributed by atoms with Crippen molar-refractivity contribution in [3.8, 4) is 5.75 Å². The number of hydrogen-bond donors (Lipinski definition) is 1. The number of ether oxygens (including phenoxy) is 1. The van der Waals surface area contributed by atoms with Gasteiger partial charge in [-0.25, -0.2) is 5.43 Å². The van der Waals surface area contributed by atoms with E-state index in [1.54, 1.807) is 6.21 Å².